The molecule has 1 rings (SSSR count). The summed E-state index contributed by atoms with van der Waals surface area (Å²) in [7, 11) is -3.54. The molecule has 0 aromatic carbocycles. The molecule has 0 aliphatic carbocycles. The number of hydrogen-bond acceptors (Lipinski definition) is 4. The molecule has 0 aliphatic rings. The van der Waals surface area contributed by atoms with E-state index >= 15 is 0 Å². The molecule has 0 spiro atoms. The van der Waals surface area contributed by atoms with Crippen molar-refractivity contribution in [2.45, 2.75) is 58.5 Å². The SMILES string of the molecule is CCCNCc1n[nH]c(C)c1S(=O)(=O)NC(C)C(C)C. The second-order valence-electron chi connectivity index (χ2n) is 5.46. The highest BCUT2D eigenvalue weighted by Gasteiger charge is 2.26. The monoisotopic (exact) mass is 302 g/mol. The van der Waals surface area contributed by atoms with E-state index in [4.69, 9.17) is 0 Å². The molecule has 0 saturated carbocycles. The number of nitrogens with one attached hydrogen (secondary N) is 3. The fraction of sp³-hybridized carbons (Fsp3) is 0.769. The van der Waals surface area contributed by atoms with Crippen LogP contribution in [0.3, 0.4) is 0 Å². The van der Waals surface area contributed by atoms with Crippen LogP contribution in [0.25, 0.3) is 0 Å². The molecule has 0 bridgehead atoms. The number of aromatic nitrogens is 2. The first-order chi connectivity index (χ1) is 9.29. The molecule has 0 radical (unpaired) electrons. The Bertz CT molecular complexity index is 522. The van der Waals surface area contributed by atoms with Crippen LogP contribution in [0.4, 0.5) is 0 Å². The maximum Gasteiger partial charge on any atom is 0.244 e. The highest BCUT2D eigenvalue weighted by atomic mass is 32.2. The van der Waals surface area contributed by atoms with E-state index in [0.29, 0.717) is 17.9 Å². The second kappa shape index (κ2) is 7.19. The van der Waals surface area contributed by atoms with Crippen molar-refractivity contribution in [1.29, 1.82) is 0 Å². The van der Waals surface area contributed by atoms with Crippen LogP contribution in [0.2, 0.25) is 0 Å². The van der Waals surface area contributed by atoms with Gasteiger partial charge in [-0.3, -0.25) is 5.10 Å². The van der Waals surface area contributed by atoms with Gasteiger partial charge in [-0.05, 0) is 32.7 Å². The van der Waals surface area contributed by atoms with Crippen LogP contribution < -0.4 is 10.0 Å². The van der Waals surface area contributed by atoms with Crippen LogP contribution in [-0.2, 0) is 16.6 Å². The van der Waals surface area contributed by atoms with Crippen molar-refractivity contribution in [3.05, 3.63) is 11.4 Å². The second-order valence-corrected chi connectivity index (χ2v) is 7.11. The molecule has 0 aliphatic heterocycles. The summed E-state index contributed by atoms with van der Waals surface area (Å²) in [5.41, 5.74) is 1.11. The van der Waals surface area contributed by atoms with Crippen LogP contribution in [0.1, 0.15) is 45.5 Å². The molecule has 1 heterocycles. The van der Waals surface area contributed by atoms with Gasteiger partial charge in [-0.15, -0.1) is 0 Å². The van der Waals surface area contributed by atoms with Gasteiger partial charge in [0.2, 0.25) is 10.0 Å². The molecule has 0 amide bonds. The summed E-state index contributed by atoms with van der Waals surface area (Å²) >= 11 is 0. The molecule has 1 atom stereocenters. The number of H-pyrrole nitrogens is 1. The molecule has 0 saturated heterocycles. The first kappa shape index (κ1) is 17.1. The molecule has 116 valence electrons. The molecule has 0 fully saturated rings. The summed E-state index contributed by atoms with van der Waals surface area (Å²) in [5.74, 6) is 0.235. The minimum absolute atomic E-state index is 0.120. The topological polar surface area (TPSA) is 86.9 Å². The van der Waals surface area contributed by atoms with Crippen molar-refractivity contribution in [3.63, 3.8) is 0 Å². The maximum absolute atomic E-state index is 12.5. The lowest BCUT2D eigenvalue weighted by atomic mass is 10.1. The van der Waals surface area contributed by atoms with Crippen molar-refractivity contribution in [2.75, 3.05) is 6.54 Å². The third-order valence-corrected chi connectivity index (χ3v) is 5.05. The van der Waals surface area contributed by atoms with E-state index in [2.05, 4.69) is 27.2 Å². The lowest BCUT2D eigenvalue weighted by Gasteiger charge is -2.17. The lowest BCUT2D eigenvalue weighted by molar-refractivity contribution is 0.476. The average molecular weight is 302 g/mol. The zero-order chi connectivity index (χ0) is 15.3. The van der Waals surface area contributed by atoms with Gasteiger partial charge in [0, 0.05) is 12.6 Å². The zero-order valence-corrected chi connectivity index (χ0v) is 13.8. The third kappa shape index (κ3) is 4.29. The molecule has 1 aromatic rings. The zero-order valence-electron chi connectivity index (χ0n) is 12.9. The Balaban J connectivity index is 2.96. The average Bonchev–Trinajstić information content (AvgIpc) is 2.71. The summed E-state index contributed by atoms with van der Waals surface area (Å²) < 4.78 is 27.7. The van der Waals surface area contributed by atoms with Gasteiger partial charge >= 0.3 is 0 Å². The summed E-state index contributed by atoms with van der Waals surface area (Å²) in [6, 6.07) is -0.120. The van der Waals surface area contributed by atoms with E-state index in [-0.39, 0.29) is 16.9 Å². The molecule has 20 heavy (non-hydrogen) atoms. The standard InChI is InChI=1S/C13H26N4O2S/c1-6-7-14-8-12-13(11(5)15-16-12)20(18,19)17-10(4)9(2)3/h9-10,14,17H,6-8H2,1-5H3,(H,15,16). The molecule has 7 heteroatoms. The van der Waals surface area contributed by atoms with E-state index in [1.807, 2.05) is 20.8 Å². The van der Waals surface area contributed by atoms with Gasteiger partial charge in [-0.2, -0.15) is 5.10 Å². The van der Waals surface area contributed by atoms with Gasteiger partial charge in [0.15, 0.2) is 0 Å². The van der Waals surface area contributed by atoms with Gasteiger partial charge in [0.25, 0.3) is 0 Å². The Hall–Kier alpha value is -0.920. The van der Waals surface area contributed by atoms with E-state index in [0.717, 1.165) is 13.0 Å². The molecule has 1 unspecified atom stereocenters. The Morgan fingerprint density at radius 3 is 2.50 bits per heavy atom. The fourth-order valence-electron chi connectivity index (χ4n) is 1.77. The van der Waals surface area contributed by atoms with Crippen molar-refractivity contribution in [2.24, 2.45) is 5.92 Å². The number of nitrogens with zero attached hydrogens (tertiary/aromatic N) is 1. The molecule has 6 nitrogen and oxygen atoms in total. The number of aromatic amines is 1. The fourth-order valence-corrected chi connectivity index (χ4v) is 3.53. The van der Waals surface area contributed by atoms with Crippen LogP contribution in [0.15, 0.2) is 4.90 Å². The van der Waals surface area contributed by atoms with Gasteiger partial charge < -0.3 is 5.32 Å². The van der Waals surface area contributed by atoms with Crippen LogP contribution in [0, 0.1) is 12.8 Å². The molecular weight excluding hydrogens is 276 g/mol. The quantitative estimate of drug-likeness (QED) is 0.636. The minimum Gasteiger partial charge on any atom is -0.311 e. The van der Waals surface area contributed by atoms with Crippen LogP contribution in [-0.4, -0.2) is 31.2 Å². The molecule has 3 N–H and O–H groups in total. The lowest BCUT2D eigenvalue weighted by Crippen LogP contribution is -2.36. The Morgan fingerprint density at radius 2 is 1.95 bits per heavy atom. The van der Waals surface area contributed by atoms with Gasteiger partial charge in [-0.25, -0.2) is 13.1 Å². The first-order valence-electron chi connectivity index (χ1n) is 7.06. The van der Waals surface area contributed by atoms with E-state index in [1.165, 1.54) is 0 Å². The summed E-state index contributed by atoms with van der Waals surface area (Å²) in [5, 5.41) is 10.0. The van der Waals surface area contributed by atoms with E-state index < -0.39 is 10.0 Å². The first-order valence-corrected chi connectivity index (χ1v) is 8.54. The van der Waals surface area contributed by atoms with Gasteiger partial charge in [-0.1, -0.05) is 20.8 Å². The maximum atomic E-state index is 12.5. The highest BCUT2D eigenvalue weighted by molar-refractivity contribution is 7.89. The number of aryl methyl sites for hydroxylation is 1. The van der Waals surface area contributed by atoms with Crippen LogP contribution in [0.5, 0.6) is 0 Å². The van der Waals surface area contributed by atoms with Gasteiger partial charge in [0.05, 0.1) is 11.4 Å². The van der Waals surface area contributed by atoms with Crippen molar-refractivity contribution in [3.8, 4) is 0 Å². The summed E-state index contributed by atoms with van der Waals surface area (Å²) in [6.07, 6.45) is 0.994. The Morgan fingerprint density at radius 1 is 1.30 bits per heavy atom. The Kier molecular flexibility index (Phi) is 6.16. The number of rotatable bonds is 8. The van der Waals surface area contributed by atoms with Crippen LogP contribution >= 0.6 is 0 Å². The highest BCUT2D eigenvalue weighted by Crippen LogP contribution is 2.18. The van der Waals surface area contributed by atoms with Crippen molar-refractivity contribution < 1.29 is 8.42 Å². The van der Waals surface area contributed by atoms with Crippen molar-refractivity contribution in [1.82, 2.24) is 20.2 Å². The number of hydrogen-bond donors (Lipinski definition) is 3. The summed E-state index contributed by atoms with van der Waals surface area (Å²) in [6.45, 7) is 10.9. The smallest absolute Gasteiger partial charge is 0.244 e. The molecular formula is C13H26N4O2S. The van der Waals surface area contributed by atoms with E-state index in [9.17, 15) is 8.42 Å². The minimum atomic E-state index is -3.54. The molecule has 1 aromatic heterocycles. The Labute approximate surface area is 121 Å². The van der Waals surface area contributed by atoms with E-state index in [1.54, 1.807) is 6.92 Å². The predicted octanol–water partition coefficient (Wildman–Crippen LogP) is 1.54. The summed E-state index contributed by atoms with van der Waals surface area (Å²) in [4.78, 5) is 0.272. The predicted molar refractivity (Wildman–Crippen MR) is 79.9 cm³/mol. The number of sulfonamides is 1. The third-order valence-electron chi connectivity index (χ3n) is 3.29. The normalized spacial score (nSPS) is 13.9. The largest absolute Gasteiger partial charge is 0.311 e. The van der Waals surface area contributed by atoms with Crippen molar-refractivity contribution >= 4 is 10.0 Å². The van der Waals surface area contributed by atoms with Gasteiger partial charge in [0.1, 0.15) is 4.90 Å².